The Kier molecular flexibility index (Phi) is 1.99. The first-order valence-electron chi connectivity index (χ1n) is 7.97. The van der Waals surface area contributed by atoms with E-state index in [0.717, 1.165) is 17.0 Å². The van der Waals surface area contributed by atoms with Gasteiger partial charge in [-0.15, -0.1) is 0 Å². The molecule has 1 fully saturated rings. The van der Waals surface area contributed by atoms with Crippen LogP contribution in [0.25, 0.3) is 11.1 Å². The number of rotatable bonds is 2. The monoisotopic (exact) mass is 241 g/mol. The Morgan fingerprint density at radius 1 is 1.28 bits per heavy atom. The lowest BCUT2D eigenvalue weighted by molar-refractivity contribution is -0.679. The van der Waals surface area contributed by atoms with Crippen molar-refractivity contribution >= 4 is 0 Å². The quantitative estimate of drug-likeness (QED) is 0.707. The number of aromatic nitrogens is 1. The van der Waals surface area contributed by atoms with Crippen LogP contribution in [0.1, 0.15) is 34.6 Å². The van der Waals surface area contributed by atoms with Gasteiger partial charge in [0, 0.05) is 22.2 Å². The highest BCUT2D eigenvalue weighted by atomic mass is 14.9. The van der Waals surface area contributed by atoms with Crippen molar-refractivity contribution in [2.75, 3.05) is 0 Å². The van der Waals surface area contributed by atoms with Crippen molar-refractivity contribution in [3.05, 3.63) is 53.9 Å². The van der Waals surface area contributed by atoms with E-state index in [1.54, 1.807) is 12.1 Å². The minimum absolute atomic E-state index is 0.425. The topological polar surface area (TPSA) is 3.88 Å². The minimum Gasteiger partial charge on any atom is -0.205 e. The first-order chi connectivity index (χ1) is 9.88. The fraction of sp³-hybridized carbons (Fsp3) is 0.353. The van der Waals surface area contributed by atoms with Gasteiger partial charge < -0.3 is 0 Å². The van der Waals surface area contributed by atoms with Crippen LogP contribution in [0.15, 0.2) is 42.6 Å². The molecule has 1 heterocycles. The summed E-state index contributed by atoms with van der Waals surface area (Å²) >= 11 is 0. The van der Waals surface area contributed by atoms with Crippen molar-refractivity contribution in [1.29, 1.82) is 0 Å². The lowest BCUT2D eigenvalue weighted by Gasteiger charge is -2.06. The van der Waals surface area contributed by atoms with E-state index in [2.05, 4.69) is 24.6 Å². The van der Waals surface area contributed by atoms with E-state index in [1.165, 1.54) is 12.1 Å². The zero-order valence-electron chi connectivity index (χ0n) is 13.9. The van der Waals surface area contributed by atoms with E-state index in [-0.39, 0.29) is 0 Å². The second-order valence-electron chi connectivity index (χ2n) is 5.32. The number of hydrogen-bond acceptors (Lipinski definition) is 0. The van der Waals surface area contributed by atoms with Crippen LogP contribution in [-0.2, 0) is 7.05 Å². The predicted molar refractivity (Wildman–Crippen MR) is 74.3 cm³/mol. The third kappa shape index (κ3) is 1.94. The molecule has 0 amide bonds. The molecule has 1 aliphatic carbocycles. The zero-order chi connectivity index (χ0) is 15.2. The van der Waals surface area contributed by atoms with E-state index in [4.69, 9.17) is 4.11 Å². The van der Waals surface area contributed by atoms with Crippen molar-refractivity contribution in [2.24, 2.45) is 13.0 Å². The number of hydrogen-bond donors (Lipinski definition) is 0. The SMILES string of the molecule is [2H]C([2H])([2H])c1ccccc1-c1cc[n+](C)c(C2C[C@H]2C)c1. The van der Waals surface area contributed by atoms with Crippen LogP contribution in [-0.4, -0.2) is 0 Å². The maximum Gasteiger partial charge on any atom is 0.185 e. The molecule has 0 aliphatic heterocycles. The van der Waals surface area contributed by atoms with Gasteiger partial charge in [0.25, 0.3) is 0 Å². The lowest BCUT2D eigenvalue weighted by Crippen LogP contribution is -2.32. The van der Waals surface area contributed by atoms with Gasteiger partial charge in [-0.3, -0.25) is 0 Å². The molecule has 0 radical (unpaired) electrons. The van der Waals surface area contributed by atoms with Crippen molar-refractivity contribution in [1.82, 2.24) is 0 Å². The van der Waals surface area contributed by atoms with E-state index in [0.29, 0.717) is 11.5 Å². The molecule has 0 spiro atoms. The maximum atomic E-state index is 7.72. The van der Waals surface area contributed by atoms with Crippen LogP contribution in [0.2, 0.25) is 0 Å². The second kappa shape index (κ2) is 4.24. The minimum atomic E-state index is -2.08. The average Bonchev–Trinajstić information content (AvgIpc) is 3.15. The number of benzene rings is 1. The van der Waals surface area contributed by atoms with E-state index in [9.17, 15) is 0 Å². The number of nitrogens with zero attached hydrogens (tertiary/aromatic N) is 1. The molecule has 1 unspecified atom stereocenters. The normalized spacial score (nSPS) is 25.1. The highest BCUT2D eigenvalue weighted by Gasteiger charge is 2.39. The summed E-state index contributed by atoms with van der Waals surface area (Å²) < 4.78 is 25.3. The summed E-state index contributed by atoms with van der Waals surface area (Å²) in [5.74, 6) is 1.33. The molecule has 18 heavy (non-hydrogen) atoms. The first-order valence-corrected chi connectivity index (χ1v) is 6.47. The predicted octanol–water partition coefficient (Wildman–Crippen LogP) is 3.61. The highest BCUT2D eigenvalue weighted by molar-refractivity contribution is 5.66. The van der Waals surface area contributed by atoms with E-state index < -0.39 is 6.85 Å². The lowest BCUT2D eigenvalue weighted by atomic mass is 10.00. The standard InChI is InChI=1S/C17H20N/c1-12-6-4-5-7-15(12)14-8-9-18(3)17(11-14)16-10-13(16)2/h4-9,11,13,16H,10H2,1-3H3/q+1/t13-,16?/m1/s1/i1D3. The summed E-state index contributed by atoms with van der Waals surface area (Å²) in [7, 11) is 2.06. The molecule has 0 bridgehead atoms. The van der Waals surface area contributed by atoms with Crippen molar-refractivity contribution < 1.29 is 8.68 Å². The van der Waals surface area contributed by atoms with Crippen molar-refractivity contribution in [3.8, 4) is 11.1 Å². The van der Waals surface area contributed by atoms with Crippen LogP contribution in [0.3, 0.4) is 0 Å². The zero-order valence-corrected chi connectivity index (χ0v) is 10.9. The molecule has 1 aliphatic rings. The van der Waals surface area contributed by atoms with Gasteiger partial charge in [-0.2, -0.15) is 0 Å². The fourth-order valence-corrected chi connectivity index (χ4v) is 2.59. The summed E-state index contributed by atoms with van der Waals surface area (Å²) in [5, 5.41) is 0. The van der Waals surface area contributed by atoms with Crippen molar-refractivity contribution in [2.45, 2.75) is 26.1 Å². The van der Waals surface area contributed by atoms with Crippen LogP contribution in [0.4, 0.5) is 0 Å². The Morgan fingerprint density at radius 2 is 2.06 bits per heavy atom. The Hall–Kier alpha value is -1.63. The summed E-state index contributed by atoms with van der Waals surface area (Å²) in [6.07, 6.45) is 3.25. The highest BCUT2D eigenvalue weighted by Crippen LogP contribution is 2.46. The Labute approximate surface area is 113 Å². The number of aryl methyl sites for hydroxylation is 2. The number of pyridine rings is 1. The molecule has 2 atom stereocenters. The second-order valence-corrected chi connectivity index (χ2v) is 5.32. The van der Waals surface area contributed by atoms with Gasteiger partial charge in [0.05, 0.1) is 0 Å². The molecule has 2 aromatic rings. The molecule has 1 heteroatoms. The molecule has 1 saturated carbocycles. The molecule has 1 nitrogen and oxygen atoms in total. The van der Waals surface area contributed by atoms with Crippen LogP contribution >= 0.6 is 0 Å². The van der Waals surface area contributed by atoms with Gasteiger partial charge in [-0.1, -0.05) is 31.2 Å². The molecule has 0 saturated heterocycles. The van der Waals surface area contributed by atoms with Gasteiger partial charge in [0.1, 0.15) is 7.05 Å². The molecular weight excluding hydrogens is 218 g/mol. The van der Waals surface area contributed by atoms with Crippen LogP contribution < -0.4 is 4.57 Å². The Morgan fingerprint density at radius 3 is 2.78 bits per heavy atom. The first kappa shape index (κ1) is 8.47. The van der Waals surface area contributed by atoms with Crippen molar-refractivity contribution in [3.63, 3.8) is 0 Å². The van der Waals surface area contributed by atoms with Gasteiger partial charge in [-0.25, -0.2) is 4.57 Å². The van der Waals surface area contributed by atoms with Gasteiger partial charge >= 0.3 is 0 Å². The van der Waals surface area contributed by atoms with Gasteiger partial charge in [0.15, 0.2) is 11.9 Å². The van der Waals surface area contributed by atoms with Gasteiger partial charge in [-0.05, 0) is 35.9 Å². The summed E-state index contributed by atoms with van der Waals surface area (Å²) in [6, 6.07) is 11.4. The summed E-state index contributed by atoms with van der Waals surface area (Å²) in [4.78, 5) is 0. The smallest absolute Gasteiger partial charge is 0.185 e. The summed E-state index contributed by atoms with van der Waals surface area (Å²) in [5.41, 5.74) is 3.52. The molecule has 1 aromatic carbocycles. The van der Waals surface area contributed by atoms with Crippen LogP contribution in [0.5, 0.6) is 0 Å². The largest absolute Gasteiger partial charge is 0.205 e. The van der Waals surface area contributed by atoms with Crippen LogP contribution in [0, 0.1) is 12.8 Å². The summed E-state index contributed by atoms with van der Waals surface area (Å²) in [6.45, 7) is 0.176. The molecule has 3 rings (SSSR count). The third-order valence-corrected chi connectivity index (χ3v) is 3.92. The van der Waals surface area contributed by atoms with Gasteiger partial charge in [0.2, 0.25) is 0 Å². The van der Waals surface area contributed by atoms with E-state index >= 15 is 0 Å². The molecule has 92 valence electrons. The van der Waals surface area contributed by atoms with E-state index in [1.807, 2.05) is 24.4 Å². The maximum absolute atomic E-state index is 7.72. The molecule has 0 N–H and O–H groups in total. The Bertz CT molecular complexity index is 676. The third-order valence-electron chi connectivity index (χ3n) is 3.92. The fourth-order valence-electron chi connectivity index (χ4n) is 2.59. The average molecular weight is 241 g/mol. The molecular formula is C17H20N+. The molecule has 1 aromatic heterocycles. The Balaban J connectivity index is 2.10.